The van der Waals surface area contributed by atoms with Crippen LogP contribution in [0, 0.1) is 11.7 Å². The summed E-state index contributed by atoms with van der Waals surface area (Å²) in [7, 11) is 0. The van der Waals surface area contributed by atoms with E-state index in [0.29, 0.717) is 24.8 Å². The zero-order valence-electron chi connectivity index (χ0n) is 15.6. The predicted octanol–water partition coefficient (Wildman–Crippen LogP) is 3.28. The summed E-state index contributed by atoms with van der Waals surface area (Å²) >= 11 is 0. The molecule has 3 saturated heterocycles. The van der Waals surface area contributed by atoms with Crippen LogP contribution in [0.3, 0.4) is 0 Å². The normalized spacial score (nSPS) is 22.6. The number of hydrogen-bond donors (Lipinski definition) is 0. The van der Waals surface area contributed by atoms with Crippen molar-refractivity contribution >= 4 is 5.91 Å². The van der Waals surface area contributed by atoms with E-state index in [4.69, 9.17) is 0 Å². The smallest absolute Gasteiger partial charge is 0.223 e. The third kappa shape index (κ3) is 4.53. The molecule has 3 aliphatic rings. The van der Waals surface area contributed by atoms with Crippen molar-refractivity contribution in [1.82, 2.24) is 14.8 Å². The highest BCUT2D eigenvalue weighted by molar-refractivity contribution is 5.77. The van der Waals surface area contributed by atoms with E-state index in [2.05, 4.69) is 14.8 Å². The van der Waals surface area contributed by atoms with Gasteiger partial charge in [0.15, 0.2) is 0 Å². The molecule has 0 N–H and O–H groups in total. The van der Waals surface area contributed by atoms with Crippen LogP contribution in [0.15, 0.2) is 48.7 Å². The summed E-state index contributed by atoms with van der Waals surface area (Å²) in [5.41, 5.74) is 2.11. The van der Waals surface area contributed by atoms with E-state index >= 15 is 0 Å². The fraction of sp³-hybridized carbons (Fsp3) is 0.455. The number of rotatable bonds is 5. The monoisotopic (exact) mass is 367 g/mol. The van der Waals surface area contributed by atoms with Gasteiger partial charge in [0, 0.05) is 50.5 Å². The van der Waals surface area contributed by atoms with Crippen LogP contribution in [0.4, 0.5) is 4.39 Å². The van der Waals surface area contributed by atoms with Gasteiger partial charge in [-0.2, -0.15) is 0 Å². The van der Waals surface area contributed by atoms with Crippen molar-refractivity contribution in [3.63, 3.8) is 0 Å². The number of pyridine rings is 1. The molecule has 1 aromatic carbocycles. The SMILES string of the molecule is O=C(CCc1ccccn1)N1C[C@H]2CC[C@@H]1CN(Cc1ccc(F)cc1)C2. The van der Waals surface area contributed by atoms with Gasteiger partial charge in [0.25, 0.3) is 0 Å². The fourth-order valence-electron chi connectivity index (χ4n) is 4.39. The Labute approximate surface area is 160 Å². The predicted molar refractivity (Wildman–Crippen MR) is 102 cm³/mol. The van der Waals surface area contributed by atoms with Crippen molar-refractivity contribution in [3.8, 4) is 0 Å². The quantitative estimate of drug-likeness (QED) is 0.814. The first-order valence-electron chi connectivity index (χ1n) is 9.83. The molecule has 0 spiro atoms. The summed E-state index contributed by atoms with van der Waals surface area (Å²) < 4.78 is 13.1. The molecule has 2 aromatic rings. The minimum absolute atomic E-state index is 0.195. The lowest BCUT2D eigenvalue weighted by atomic mass is 9.94. The van der Waals surface area contributed by atoms with Gasteiger partial charge in [0.05, 0.1) is 0 Å². The van der Waals surface area contributed by atoms with Gasteiger partial charge in [-0.15, -0.1) is 0 Å². The van der Waals surface area contributed by atoms with E-state index in [9.17, 15) is 9.18 Å². The Morgan fingerprint density at radius 1 is 1.07 bits per heavy atom. The van der Waals surface area contributed by atoms with Crippen LogP contribution in [0.5, 0.6) is 0 Å². The molecule has 1 aromatic heterocycles. The third-order valence-electron chi connectivity index (χ3n) is 5.75. The molecule has 1 amide bonds. The highest BCUT2D eigenvalue weighted by atomic mass is 19.1. The number of hydrogen-bond acceptors (Lipinski definition) is 3. The molecule has 2 atom stereocenters. The van der Waals surface area contributed by atoms with Gasteiger partial charge >= 0.3 is 0 Å². The van der Waals surface area contributed by atoms with Crippen LogP contribution < -0.4 is 0 Å². The summed E-state index contributed by atoms with van der Waals surface area (Å²) in [6.07, 6.45) is 5.28. The van der Waals surface area contributed by atoms with Gasteiger partial charge in [0.1, 0.15) is 5.82 Å². The zero-order valence-corrected chi connectivity index (χ0v) is 15.6. The van der Waals surface area contributed by atoms with Crippen molar-refractivity contribution in [2.75, 3.05) is 19.6 Å². The summed E-state index contributed by atoms with van der Waals surface area (Å²) in [6, 6.07) is 12.9. The Morgan fingerprint density at radius 3 is 2.70 bits per heavy atom. The van der Waals surface area contributed by atoms with Crippen molar-refractivity contribution < 1.29 is 9.18 Å². The molecule has 5 rings (SSSR count). The molecule has 2 bridgehead atoms. The molecule has 0 saturated carbocycles. The van der Waals surface area contributed by atoms with Crippen molar-refractivity contribution in [2.24, 2.45) is 5.92 Å². The van der Waals surface area contributed by atoms with Gasteiger partial charge in [-0.25, -0.2) is 4.39 Å². The van der Waals surface area contributed by atoms with Gasteiger partial charge in [-0.3, -0.25) is 14.7 Å². The number of piperidine rings is 1. The molecule has 27 heavy (non-hydrogen) atoms. The number of benzene rings is 1. The average molecular weight is 367 g/mol. The molecule has 0 radical (unpaired) electrons. The van der Waals surface area contributed by atoms with Gasteiger partial charge in [0.2, 0.25) is 5.91 Å². The Kier molecular flexibility index (Phi) is 5.48. The Balaban J connectivity index is 1.37. The lowest BCUT2D eigenvalue weighted by Crippen LogP contribution is -2.47. The van der Waals surface area contributed by atoms with Gasteiger partial charge in [-0.05, 0) is 55.0 Å². The molecular weight excluding hydrogens is 341 g/mol. The van der Waals surface area contributed by atoms with Crippen LogP contribution in [-0.4, -0.2) is 46.4 Å². The van der Waals surface area contributed by atoms with Crippen LogP contribution in [-0.2, 0) is 17.8 Å². The largest absolute Gasteiger partial charge is 0.338 e. The number of amides is 1. The summed E-state index contributed by atoms with van der Waals surface area (Å²) in [6.45, 7) is 3.61. The van der Waals surface area contributed by atoms with Crippen molar-refractivity contribution in [3.05, 3.63) is 65.7 Å². The first kappa shape index (κ1) is 18.1. The zero-order chi connectivity index (χ0) is 18.6. The maximum atomic E-state index is 13.1. The van der Waals surface area contributed by atoms with E-state index in [1.54, 1.807) is 6.20 Å². The Hall–Kier alpha value is -2.27. The highest BCUT2D eigenvalue weighted by Crippen LogP contribution is 2.29. The van der Waals surface area contributed by atoms with E-state index in [0.717, 1.165) is 43.9 Å². The van der Waals surface area contributed by atoms with Gasteiger partial charge < -0.3 is 4.90 Å². The van der Waals surface area contributed by atoms with Crippen LogP contribution >= 0.6 is 0 Å². The Morgan fingerprint density at radius 2 is 1.93 bits per heavy atom. The van der Waals surface area contributed by atoms with Crippen LogP contribution in [0.1, 0.15) is 30.5 Å². The number of carbonyl (C=O) groups is 1. The fourth-order valence-corrected chi connectivity index (χ4v) is 4.39. The summed E-state index contributed by atoms with van der Waals surface area (Å²) in [4.78, 5) is 21.7. The van der Waals surface area contributed by atoms with E-state index in [1.165, 1.54) is 18.6 Å². The van der Waals surface area contributed by atoms with Gasteiger partial charge in [-0.1, -0.05) is 18.2 Å². The number of aryl methyl sites for hydroxylation is 1. The summed E-state index contributed by atoms with van der Waals surface area (Å²) in [5, 5.41) is 0. The highest BCUT2D eigenvalue weighted by Gasteiger charge is 2.36. The molecule has 0 aliphatic carbocycles. The standard InChI is InChI=1S/C22H26FN3O/c23-19-7-4-17(5-8-19)13-25-14-18-6-10-21(16-25)26(15-18)22(27)11-9-20-3-1-2-12-24-20/h1-5,7-8,12,18,21H,6,9-11,13-16H2/t18-,21+/m0/s1. The molecule has 3 fully saturated rings. The first-order valence-corrected chi connectivity index (χ1v) is 9.83. The number of carbonyl (C=O) groups excluding carboxylic acids is 1. The minimum atomic E-state index is -0.195. The van der Waals surface area contributed by atoms with E-state index in [1.807, 2.05) is 30.3 Å². The molecule has 4 nitrogen and oxygen atoms in total. The lowest BCUT2D eigenvalue weighted by molar-refractivity contribution is -0.135. The summed E-state index contributed by atoms with van der Waals surface area (Å²) in [5.74, 6) is 0.585. The number of halogens is 1. The Bertz CT molecular complexity index is 765. The maximum absolute atomic E-state index is 13.1. The second-order valence-corrected chi connectivity index (χ2v) is 7.78. The molecule has 0 unspecified atom stereocenters. The molecule has 5 heteroatoms. The topological polar surface area (TPSA) is 36.4 Å². The van der Waals surface area contributed by atoms with Crippen molar-refractivity contribution in [2.45, 2.75) is 38.3 Å². The van der Waals surface area contributed by atoms with E-state index in [-0.39, 0.29) is 11.7 Å². The second-order valence-electron chi connectivity index (χ2n) is 7.78. The molecule has 3 aliphatic heterocycles. The average Bonchev–Trinajstić information content (AvgIpc) is 2.99. The lowest BCUT2D eigenvalue weighted by Gasteiger charge is -2.36. The van der Waals surface area contributed by atoms with Crippen LogP contribution in [0.2, 0.25) is 0 Å². The van der Waals surface area contributed by atoms with Crippen LogP contribution in [0.25, 0.3) is 0 Å². The molecule has 142 valence electrons. The number of aromatic nitrogens is 1. The molecule has 4 heterocycles. The number of nitrogens with zero attached hydrogens (tertiary/aromatic N) is 3. The second kappa shape index (κ2) is 8.17. The third-order valence-corrected chi connectivity index (χ3v) is 5.75. The minimum Gasteiger partial charge on any atom is -0.338 e. The molecular formula is C22H26FN3O. The van der Waals surface area contributed by atoms with Crippen molar-refractivity contribution in [1.29, 1.82) is 0 Å². The number of fused-ring (bicyclic) bond motifs is 4. The van der Waals surface area contributed by atoms with E-state index < -0.39 is 0 Å². The maximum Gasteiger partial charge on any atom is 0.223 e. The first-order chi connectivity index (χ1) is 13.2.